The van der Waals surface area contributed by atoms with Gasteiger partial charge in [-0.3, -0.25) is 0 Å². The van der Waals surface area contributed by atoms with Crippen LogP contribution in [0.5, 0.6) is 5.88 Å². The Hall–Kier alpha value is -1.19. The number of aromatic nitrogens is 1. The second-order valence-corrected chi connectivity index (χ2v) is 4.34. The van der Waals surface area contributed by atoms with Gasteiger partial charge in [0.05, 0.1) is 0 Å². The summed E-state index contributed by atoms with van der Waals surface area (Å²) in [5.74, 6) is 0.239. The topological polar surface area (TPSA) is 22.1 Å². The summed E-state index contributed by atoms with van der Waals surface area (Å²) >= 11 is 0. The maximum absolute atomic E-state index is 11.8. The van der Waals surface area contributed by atoms with Gasteiger partial charge in [0, 0.05) is 12.3 Å². The van der Waals surface area contributed by atoms with Crippen molar-refractivity contribution in [1.29, 1.82) is 0 Å². The first-order valence-corrected chi connectivity index (χ1v) is 4.77. The van der Waals surface area contributed by atoms with Crippen LogP contribution in [0.3, 0.4) is 0 Å². The fourth-order valence-corrected chi connectivity index (χ4v) is 1.06. The van der Waals surface area contributed by atoms with Gasteiger partial charge in [0.15, 0.2) is 6.61 Å². The third-order valence-electron chi connectivity index (χ3n) is 1.96. The van der Waals surface area contributed by atoms with E-state index < -0.39 is 13.0 Å². The Kier molecular flexibility index (Phi) is 3.61. The van der Waals surface area contributed by atoms with Crippen LogP contribution in [0.4, 0.5) is 8.78 Å². The highest BCUT2D eigenvalue weighted by Crippen LogP contribution is 2.22. The molecule has 0 saturated heterocycles. The molecule has 84 valence electrons. The number of pyridine rings is 1. The molecule has 0 N–H and O–H groups in total. The lowest BCUT2D eigenvalue weighted by Gasteiger charge is -2.18. The summed E-state index contributed by atoms with van der Waals surface area (Å²) < 4.78 is 28.4. The van der Waals surface area contributed by atoms with Crippen LogP contribution >= 0.6 is 0 Å². The second kappa shape index (κ2) is 4.55. The van der Waals surface area contributed by atoms with Gasteiger partial charge in [-0.1, -0.05) is 26.8 Å². The molecule has 4 heteroatoms. The summed E-state index contributed by atoms with van der Waals surface area (Å²) in [6.07, 6.45) is -0.810. The number of hydrogen-bond donors (Lipinski definition) is 0. The number of rotatable bonds is 3. The Bertz CT molecular complexity index is 303. The highest BCUT2D eigenvalue weighted by Gasteiger charge is 2.14. The van der Waals surface area contributed by atoms with Crippen molar-refractivity contribution in [2.24, 2.45) is 0 Å². The van der Waals surface area contributed by atoms with E-state index in [1.807, 2.05) is 6.07 Å². The maximum atomic E-state index is 11.8. The molecule has 0 aliphatic rings. The molecule has 1 rings (SSSR count). The third kappa shape index (κ3) is 3.81. The molecule has 15 heavy (non-hydrogen) atoms. The molecule has 0 spiro atoms. The lowest BCUT2D eigenvalue weighted by atomic mass is 9.88. The molecule has 0 radical (unpaired) electrons. The summed E-state index contributed by atoms with van der Waals surface area (Å²) in [4.78, 5) is 3.96. The normalized spacial score (nSPS) is 11.9. The van der Waals surface area contributed by atoms with E-state index in [1.54, 1.807) is 12.3 Å². The number of alkyl halides is 2. The molecule has 1 aromatic heterocycles. The molecular formula is C11H15F2NO. The van der Waals surface area contributed by atoms with Crippen LogP contribution < -0.4 is 4.74 Å². The molecule has 0 unspecified atom stereocenters. The number of hydrogen-bond acceptors (Lipinski definition) is 2. The van der Waals surface area contributed by atoms with Gasteiger partial charge in [0.1, 0.15) is 0 Å². The predicted octanol–water partition coefficient (Wildman–Crippen LogP) is 3.02. The SMILES string of the molecule is CC(C)(C)c1ccc(OCC(F)F)nc1. The van der Waals surface area contributed by atoms with E-state index in [4.69, 9.17) is 4.74 Å². The lowest BCUT2D eigenvalue weighted by Crippen LogP contribution is -2.12. The van der Waals surface area contributed by atoms with E-state index in [-0.39, 0.29) is 11.3 Å². The highest BCUT2D eigenvalue weighted by molar-refractivity contribution is 5.23. The summed E-state index contributed by atoms with van der Waals surface area (Å²) in [6, 6.07) is 3.46. The Balaban J connectivity index is 2.65. The minimum absolute atomic E-state index is 0.00818. The van der Waals surface area contributed by atoms with Crippen LogP contribution in [0.1, 0.15) is 26.3 Å². The van der Waals surface area contributed by atoms with Crippen LogP contribution in [0.15, 0.2) is 18.3 Å². The van der Waals surface area contributed by atoms with Crippen molar-refractivity contribution in [3.05, 3.63) is 23.9 Å². The maximum Gasteiger partial charge on any atom is 0.272 e. The largest absolute Gasteiger partial charge is 0.472 e. The average Bonchev–Trinajstić information content (AvgIpc) is 2.14. The third-order valence-corrected chi connectivity index (χ3v) is 1.96. The standard InChI is InChI=1S/C11H15F2NO/c1-11(2,3)8-4-5-10(14-6-8)15-7-9(12)13/h4-6,9H,7H2,1-3H3. The highest BCUT2D eigenvalue weighted by atomic mass is 19.3. The van der Waals surface area contributed by atoms with Gasteiger partial charge < -0.3 is 4.74 Å². The zero-order chi connectivity index (χ0) is 11.5. The van der Waals surface area contributed by atoms with Gasteiger partial charge in [-0.05, 0) is 11.0 Å². The molecule has 0 amide bonds. The van der Waals surface area contributed by atoms with Gasteiger partial charge >= 0.3 is 0 Å². The van der Waals surface area contributed by atoms with E-state index in [0.29, 0.717) is 0 Å². The Labute approximate surface area is 88.3 Å². The molecule has 0 saturated carbocycles. The molecular weight excluding hydrogens is 200 g/mol. The second-order valence-electron chi connectivity index (χ2n) is 4.34. The van der Waals surface area contributed by atoms with Crippen LogP contribution in [0, 0.1) is 0 Å². The first-order chi connectivity index (χ1) is 6.89. The molecule has 0 atom stereocenters. The van der Waals surface area contributed by atoms with Crippen LogP contribution in [-0.2, 0) is 5.41 Å². The van der Waals surface area contributed by atoms with Crippen molar-refractivity contribution >= 4 is 0 Å². The zero-order valence-electron chi connectivity index (χ0n) is 9.13. The van der Waals surface area contributed by atoms with Gasteiger partial charge in [-0.15, -0.1) is 0 Å². The van der Waals surface area contributed by atoms with E-state index in [1.165, 1.54) is 0 Å². The summed E-state index contributed by atoms with van der Waals surface area (Å²) in [5, 5.41) is 0. The minimum atomic E-state index is -2.46. The molecule has 0 aliphatic carbocycles. The Morgan fingerprint density at radius 1 is 1.33 bits per heavy atom. The van der Waals surface area contributed by atoms with Crippen LogP contribution in [0.25, 0.3) is 0 Å². The van der Waals surface area contributed by atoms with Crippen molar-refractivity contribution in [3.8, 4) is 5.88 Å². The summed E-state index contributed by atoms with van der Waals surface area (Å²) in [5.41, 5.74) is 1.06. The minimum Gasteiger partial charge on any atom is -0.472 e. The van der Waals surface area contributed by atoms with Crippen molar-refractivity contribution < 1.29 is 13.5 Å². The fraction of sp³-hybridized carbons (Fsp3) is 0.545. The van der Waals surface area contributed by atoms with Crippen molar-refractivity contribution in [2.45, 2.75) is 32.6 Å². The van der Waals surface area contributed by atoms with Crippen LogP contribution in [-0.4, -0.2) is 18.0 Å². The molecule has 0 aromatic carbocycles. The molecule has 1 heterocycles. The molecule has 0 fully saturated rings. The van der Waals surface area contributed by atoms with Crippen molar-refractivity contribution in [1.82, 2.24) is 4.98 Å². The quantitative estimate of drug-likeness (QED) is 0.773. The zero-order valence-corrected chi connectivity index (χ0v) is 9.13. The lowest BCUT2D eigenvalue weighted by molar-refractivity contribution is 0.0795. The Morgan fingerprint density at radius 3 is 2.40 bits per heavy atom. The Morgan fingerprint density at radius 2 is 2.00 bits per heavy atom. The first kappa shape index (κ1) is 11.9. The van der Waals surface area contributed by atoms with Gasteiger partial charge in [0.2, 0.25) is 5.88 Å². The van der Waals surface area contributed by atoms with Gasteiger partial charge in [-0.25, -0.2) is 13.8 Å². The summed E-state index contributed by atoms with van der Waals surface area (Å²) in [7, 11) is 0. The van der Waals surface area contributed by atoms with Crippen LogP contribution in [0.2, 0.25) is 0 Å². The van der Waals surface area contributed by atoms with E-state index in [0.717, 1.165) is 5.56 Å². The molecule has 2 nitrogen and oxygen atoms in total. The van der Waals surface area contributed by atoms with Gasteiger partial charge in [-0.2, -0.15) is 0 Å². The molecule has 0 bridgehead atoms. The summed E-state index contributed by atoms with van der Waals surface area (Å²) in [6.45, 7) is 5.57. The average molecular weight is 215 g/mol. The number of nitrogens with zero attached hydrogens (tertiary/aromatic N) is 1. The number of ether oxygens (including phenoxy) is 1. The van der Waals surface area contributed by atoms with Gasteiger partial charge in [0.25, 0.3) is 6.43 Å². The molecule has 0 aliphatic heterocycles. The number of halogens is 2. The fourth-order valence-electron chi connectivity index (χ4n) is 1.06. The van der Waals surface area contributed by atoms with E-state index >= 15 is 0 Å². The molecule has 1 aromatic rings. The van der Waals surface area contributed by atoms with Crippen molar-refractivity contribution in [2.75, 3.05) is 6.61 Å². The first-order valence-electron chi connectivity index (χ1n) is 4.77. The smallest absolute Gasteiger partial charge is 0.272 e. The van der Waals surface area contributed by atoms with E-state index in [9.17, 15) is 8.78 Å². The van der Waals surface area contributed by atoms with E-state index in [2.05, 4.69) is 25.8 Å². The predicted molar refractivity (Wildman–Crippen MR) is 54.4 cm³/mol. The monoisotopic (exact) mass is 215 g/mol. The van der Waals surface area contributed by atoms with Crippen molar-refractivity contribution in [3.63, 3.8) is 0 Å².